The quantitative estimate of drug-likeness (QED) is 0.0786. The molecular weight excluding hydrogens is 1220 g/mol. The Bertz CT molecular complexity index is 4690. The summed E-state index contributed by atoms with van der Waals surface area (Å²) in [6.45, 7) is 6.95. The van der Waals surface area contributed by atoms with Crippen molar-refractivity contribution in [1.82, 2.24) is 47.5 Å². The van der Waals surface area contributed by atoms with Crippen molar-refractivity contribution >= 4 is 134 Å². The molecule has 0 radical (unpaired) electrons. The highest BCUT2D eigenvalue weighted by atomic mass is 35.5. The maximum atomic E-state index is 8.11. The molecule has 434 valence electrons. The minimum Gasteiger partial charge on any atom is -0.358 e. The van der Waals surface area contributed by atoms with Crippen molar-refractivity contribution < 1.29 is 37.3 Å². The van der Waals surface area contributed by atoms with Crippen LogP contribution in [-0.2, 0) is 37.3 Å². The van der Waals surface area contributed by atoms with Crippen LogP contribution in [0.2, 0.25) is 20.9 Å². The molecule has 18 rings (SSSR count). The van der Waals surface area contributed by atoms with Crippen molar-refractivity contribution in [1.29, 1.82) is 0 Å². The summed E-state index contributed by atoms with van der Waals surface area (Å²) in [6.07, 6.45) is -3.48. The van der Waals surface area contributed by atoms with Crippen molar-refractivity contribution in [2.24, 2.45) is 30.0 Å². The Kier molecular flexibility index (Phi) is 11.3. The summed E-state index contributed by atoms with van der Waals surface area (Å²) in [4.78, 5) is 59.6. The lowest BCUT2D eigenvalue weighted by atomic mass is 10.1. The zero-order valence-corrected chi connectivity index (χ0v) is 49.9. The molecule has 0 spiro atoms. The number of imidazole rings is 2. The molecule has 24 nitrogen and oxygen atoms in total. The fourth-order valence-corrected chi connectivity index (χ4v) is 17.4. The number of ether oxygens (including phenoxy) is 6. The van der Waals surface area contributed by atoms with E-state index in [4.69, 9.17) is 114 Å². The topological polar surface area (TPSA) is 245 Å². The van der Waals surface area contributed by atoms with Gasteiger partial charge in [0.15, 0.2) is 69.0 Å². The van der Waals surface area contributed by atoms with Gasteiger partial charge in [-0.3, -0.25) is 17.6 Å². The van der Waals surface area contributed by atoms with Gasteiger partial charge in [-0.25, -0.2) is 49.9 Å². The van der Waals surface area contributed by atoms with Crippen LogP contribution in [0.25, 0.3) is 43.9 Å². The van der Waals surface area contributed by atoms with E-state index >= 15 is 0 Å². The zero-order valence-electron chi connectivity index (χ0n) is 45.9. The Morgan fingerprint density at radius 3 is 1.26 bits per heavy atom. The first-order valence-electron chi connectivity index (χ1n) is 27.8. The van der Waals surface area contributed by atoms with E-state index in [1.165, 1.54) is 0 Å². The molecule has 6 bridgehead atoms. The van der Waals surface area contributed by atoms with E-state index in [1.807, 2.05) is 133 Å². The SMILES string of the molecule is CC1(C)OC2C(CO[Si]3(OCC4OC(n5cnc6c(Cl)nc(Cl)nc65)C5OC(C)(C)OC45)n4c5c6ccccc6c4N=C4N=C(N=c6c7ccccc7c(n63)=NC3=NC(=N5)c5ccccc53)c3ccccc34)OC(n3cnc4c(Cl)nc(Cl)nc43)C2O1. The van der Waals surface area contributed by atoms with Crippen LogP contribution in [0.4, 0.5) is 11.6 Å². The van der Waals surface area contributed by atoms with Crippen molar-refractivity contribution in [2.45, 2.75) is 88.3 Å². The average Bonchev–Trinajstić information content (AvgIpc) is 1.59. The van der Waals surface area contributed by atoms with E-state index in [0.717, 1.165) is 22.3 Å². The average molecular weight is 1260 g/mol. The van der Waals surface area contributed by atoms with Crippen molar-refractivity contribution in [3.8, 4) is 0 Å². The van der Waals surface area contributed by atoms with Gasteiger partial charge < -0.3 is 37.3 Å². The Morgan fingerprint density at radius 1 is 0.460 bits per heavy atom. The first-order chi connectivity index (χ1) is 42.2. The molecule has 0 aliphatic carbocycles. The minimum absolute atomic E-state index is 0.0731. The lowest BCUT2D eigenvalue weighted by molar-refractivity contribution is -0.201. The van der Waals surface area contributed by atoms with Crippen LogP contribution in [0, 0.1) is 0 Å². The van der Waals surface area contributed by atoms with E-state index in [1.54, 1.807) is 21.8 Å². The largest absolute Gasteiger partial charge is 0.603 e. The highest BCUT2D eigenvalue weighted by Gasteiger charge is 2.62. The third kappa shape index (κ3) is 7.79. The van der Waals surface area contributed by atoms with Gasteiger partial charge in [0.25, 0.3) is 0 Å². The molecule has 6 aromatic heterocycles. The molecule has 29 heteroatoms. The Balaban J connectivity index is 0.909. The highest BCUT2D eigenvalue weighted by molar-refractivity contribution is 6.66. The minimum atomic E-state index is -4.98. The van der Waals surface area contributed by atoms with Gasteiger partial charge in [0.2, 0.25) is 10.6 Å². The molecule has 87 heavy (non-hydrogen) atoms. The second-order valence-electron chi connectivity index (χ2n) is 22.8. The Morgan fingerprint density at radius 2 is 0.839 bits per heavy atom. The van der Waals surface area contributed by atoms with Crippen LogP contribution in [0.1, 0.15) is 62.4 Å². The molecule has 14 heterocycles. The van der Waals surface area contributed by atoms with Gasteiger partial charge >= 0.3 is 8.88 Å². The molecule has 8 aliphatic heterocycles. The van der Waals surface area contributed by atoms with Crippen LogP contribution in [-0.4, -0.2) is 141 Å². The fraction of sp³-hybridized carbons (Fsp3) is 0.276. The summed E-state index contributed by atoms with van der Waals surface area (Å²) >= 11 is 26.2. The first-order valence-corrected chi connectivity index (χ1v) is 31.0. The number of nitrogens with zero attached hydrogens (tertiary/aromatic N) is 16. The van der Waals surface area contributed by atoms with Gasteiger partial charge in [0.1, 0.15) is 70.3 Å². The predicted octanol–water partition coefficient (Wildman–Crippen LogP) is 8.53. The summed E-state index contributed by atoms with van der Waals surface area (Å²) in [5.74, 6) is 0.261. The van der Waals surface area contributed by atoms with Crippen molar-refractivity contribution in [3.63, 3.8) is 0 Å². The van der Waals surface area contributed by atoms with Crippen LogP contribution in [0.5, 0.6) is 0 Å². The maximum absolute atomic E-state index is 8.11. The first kappa shape index (κ1) is 52.5. The summed E-state index contributed by atoms with van der Waals surface area (Å²) in [7, 11) is -4.98. The van der Waals surface area contributed by atoms with E-state index in [9.17, 15) is 0 Å². The van der Waals surface area contributed by atoms with Gasteiger partial charge in [0, 0.05) is 43.8 Å². The summed E-state index contributed by atoms with van der Waals surface area (Å²) in [5, 5.41) is 2.81. The van der Waals surface area contributed by atoms with Gasteiger partial charge in [-0.2, -0.15) is 9.97 Å². The van der Waals surface area contributed by atoms with Gasteiger partial charge in [0.05, 0.1) is 25.9 Å². The molecule has 0 N–H and O–H groups in total. The third-order valence-electron chi connectivity index (χ3n) is 16.7. The van der Waals surface area contributed by atoms with Gasteiger partial charge in [-0.15, -0.1) is 0 Å². The normalized spacial score (nSPS) is 26.8. The number of halogens is 4. The number of aliphatic imine (C=N–C) groups is 4. The van der Waals surface area contributed by atoms with Gasteiger partial charge in [-0.1, -0.05) is 120 Å². The lowest BCUT2D eigenvalue weighted by Gasteiger charge is -2.35. The van der Waals surface area contributed by atoms with Crippen molar-refractivity contribution in [2.75, 3.05) is 13.2 Å². The van der Waals surface area contributed by atoms with E-state index in [2.05, 4.69) is 29.9 Å². The Labute approximate surface area is 511 Å². The summed E-state index contributed by atoms with van der Waals surface area (Å²) < 4.78 is 65.1. The van der Waals surface area contributed by atoms with Crippen LogP contribution in [0.3, 0.4) is 0 Å². The Hall–Kier alpha value is -7.60. The monoisotopic (exact) mass is 1260 g/mol. The van der Waals surface area contributed by atoms with Crippen molar-refractivity contribution in [3.05, 3.63) is 164 Å². The van der Waals surface area contributed by atoms with E-state index < -0.39 is 69.5 Å². The van der Waals surface area contributed by atoms with Crippen LogP contribution in [0.15, 0.2) is 140 Å². The molecule has 10 aromatic rings. The standard InChI is InChI=1S/C58H42Cl4N16O8Si/c1-57(2)83-37-33(81-53(39(37)85-57)75-23-63-35-41(59)65-55(61)73-51(35)75)21-79-87(80-22-34-38-40(86-58(3,4)84-38)54(82-34)76-24-64-36-42(60)66-56(62)74-52(36)76)77-47-29-17-9-10-18-30(29)49(77)71-45-27-15-7-8-16-28(27)46(68-45)72-50-32-20-12-11-19-31(32)48(78(50)87)70-44-26-14-6-5-13-25(26)43(67-44)69-47/h5-20,23-24,33-34,37-40,53-54H,21-22H2,1-4H3. The predicted molar refractivity (Wildman–Crippen MR) is 319 cm³/mol. The van der Waals surface area contributed by atoms with Crippen LogP contribution >= 0.6 is 46.4 Å². The third-order valence-corrected chi connectivity index (χ3v) is 20.6. The molecular formula is C58H42Cl4N16O8Si. The molecule has 0 saturated carbocycles. The molecule has 8 atom stereocenters. The number of aromatic nitrogens is 10. The van der Waals surface area contributed by atoms with E-state index in [-0.39, 0.29) is 34.1 Å². The molecule has 4 fully saturated rings. The summed E-state index contributed by atoms with van der Waals surface area (Å²) in [5.41, 5.74) is 5.17. The number of rotatable bonds is 8. The summed E-state index contributed by atoms with van der Waals surface area (Å²) in [6, 6.07) is 31.6. The smallest absolute Gasteiger partial charge is 0.358 e. The number of hydrogen-bond acceptors (Lipinski definition) is 20. The van der Waals surface area contributed by atoms with Gasteiger partial charge in [-0.05, 0) is 50.9 Å². The molecule has 4 aromatic carbocycles. The second kappa shape index (κ2) is 18.7. The molecule has 8 unspecified atom stereocenters. The van der Waals surface area contributed by atoms with Crippen LogP contribution < -0.4 is 11.0 Å². The number of amidine groups is 4. The maximum Gasteiger partial charge on any atom is 0.603 e. The number of benzene rings is 4. The lowest BCUT2D eigenvalue weighted by Crippen LogP contribution is -2.65. The fourth-order valence-electron chi connectivity index (χ4n) is 13.2. The molecule has 4 saturated heterocycles. The molecule has 0 amide bonds. The number of fused-ring (bicyclic) bond motifs is 18. The number of hydrogen-bond donors (Lipinski definition) is 0. The zero-order chi connectivity index (χ0) is 58.6. The van der Waals surface area contributed by atoms with E-state index in [0.29, 0.717) is 89.8 Å². The second-order valence-corrected chi connectivity index (χ2v) is 26.7. The molecule has 8 aliphatic rings. The highest BCUT2D eigenvalue weighted by Crippen LogP contribution is 2.49.